The van der Waals surface area contributed by atoms with Crippen molar-refractivity contribution in [3.8, 4) is 17.4 Å². The van der Waals surface area contributed by atoms with Crippen LogP contribution >= 0.6 is 0 Å². The minimum Gasteiger partial charge on any atom is -0.490 e. The zero-order valence-corrected chi connectivity index (χ0v) is 12.1. The third-order valence-corrected chi connectivity index (χ3v) is 3.00. The smallest absolute Gasteiger partial charge is 0.224 e. The second-order valence-corrected chi connectivity index (χ2v) is 4.55. The average molecular weight is 272 g/mol. The number of benzene rings is 1. The molecule has 0 aliphatic rings. The Kier molecular flexibility index (Phi) is 4.58. The molecule has 0 atom stereocenters. The van der Waals surface area contributed by atoms with Crippen molar-refractivity contribution >= 4 is 0 Å². The Bertz CT molecular complexity index is 597. The van der Waals surface area contributed by atoms with Crippen LogP contribution in [0.5, 0.6) is 17.4 Å². The summed E-state index contributed by atoms with van der Waals surface area (Å²) < 4.78 is 11.5. The molecular formula is C16H20N2O2. The maximum atomic E-state index is 5.93. The highest BCUT2D eigenvalue weighted by Gasteiger charge is 2.12. The molecule has 4 heteroatoms. The van der Waals surface area contributed by atoms with Crippen molar-refractivity contribution in [2.75, 3.05) is 6.61 Å². The number of nitrogens with two attached hydrogens (primary N) is 1. The molecular weight excluding hydrogens is 252 g/mol. The minimum atomic E-state index is 0.394. The van der Waals surface area contributed by atoms with Crippen LogP contribution in [0.1, 0.15) is 23.7 Å². The molecule has 0 aliphatic heterocycles. The number of rotatable bonds is 5. The molecule has 0 saturated carbocycles. The standard InChI is InChI=1S/C16H20N2O2/c1-4-19-14-7-5-6-8-15(14)20-16-13(10-17)11(2)9-12(3)18-16/h5-9H,4,10,17H2,1-3H3. The van der Waals surface area contributed by atoms with E-state index in [1.54, 1.807) is 0 Å². The van der Waals surface area contributed by atoms with E-state index in [9.17, 15) is 0 Å². The number of aryl methyl sites for hydroxylation is 2. The summed E-state index contributed by atoms with van der Waals surface area (Å²) in [6.45, 7) is 6.87. The molecule has 0 fully saturated rings. The lowest BCUT2D eigenvalue weighted by Gasteiger charge is -2.14. The number of ether oxygens (including phenoxy) is 2. The summed E-state index contributed by atoms with van der Waals surface area (Å²) in [6, 6.07) is 9.57. The molecule has 106 valence electrons. The van der Waals surface area contributed by atoms with E-state index >= 15 is 0 Å². The van der Waals surface area contributed by atoms with Crippen LogP contribution in [-0.2, 0) is 6.54 Å². The number of pyridine rings is 1. The normalized spacial score (nSPS) is 10.4. The molecule has 1 aromatic carbocycles. The lowest BCUT2D eigenvalue weighted by Crippen LogP contribution is -2.05. The molecule has 1 heterocycles. The lowest BCUT2D eigenvalue weighted by molar-refractivity contribution is 0.319. The maximum Gasteiger partial charge on any atom is 0.224 e. The van der Waals surface area contributed by atoms with Crippen molar-refractivity contribution in [3.63, 3.8) is 0 Å². The van der Waals surface area contributed by atoms with Gasteiger partial charge < -0.3 is 15.2 Å². The van der Waals surface area contributed by atoms with Gasteiger partial charge in [0, 0.05) is 17.8 Å². The number of para-hydroxylation sites is 2. The van der Waals surface area contributed by atoms with Crippen LogP contribution in [0, 0.1) is 13.8 Å². The fraction of sp³-hybridized carbons (Fsp3) is 0.312. The summed E-state index contributed by atoms with van der Waals surface area (Å²) in [7, 11) is 0. The van der Waals surface area contributed by atoms with E-state index < -0.39 is 0 Å². The van der Waals surface area contributed by atoms with E-state index in [1.165, 1.54) is 0 Å². The summed E-state index contributed by atoms with van der Waals surface area (Å²) in [5, 5.41) is 0. The van der Waals surface area contributed by atoms with E-state index in [1.807, 2.05) is 51.1 Å². The van der Waals surface area contributed by atoms with E-state index in [0.717, 1.165) is 16.8 Å². The van der Waals surface area contributed by atoms with Crippen LogP contribution in [0.15, 0.2) is 30.3 Å². The summed E-state index contributed by atoms with van der Waals surface area (Å²) >= 11 is 0. The molecule has 0 bridgehead atoms. The van der Waals surface area contributed by atoms with Crippen molar-refractivity contribution in [2.24, 2.45) is 5.73 Å². The molecule has 20 heavy (non-hydrogen) atoms. The zero-order chi connectivity index (χ0) is 14.5. The van der Waals surface area contributed by atoms with Gasteiger partial charge in [0.15, 0.2) is 11.5 Å². The molecule has 0 spiro atoms. The van der Waals surface area contributed by atoms with E-state index in [4.69, 9.17) is 15.2 Å². The summed E-state index contributed by atoms with van der Waals surface area (Å²) in [4.78, 5) is 4.44. The predicted molar refractivity (Wildman–Crippen MR) is 79.3 cm³/mol. The van der Waals surface area contributed by atoms with Crippen LogP contribution in [-0.4, -0.2) is 11.6 Å². The quantitative estimate of drug-likeness (QED) is 0.906. The molecule has 0 radical (unpaired) electrons. The van der Waals surface area contributed by atoms with Gasteiger partial charge in [-0.2, -0.15) is 0 Å². The first-order valence-corrected chi connectivity index (χ1v) is 6.72. The van der Waals surface area contributed by atoms with Crippen LogP contribution in [0.25, 0.3) is 0 Å². The Morgan fingerprint density at radius 1 is 1.15 bits per heavy atom. The van der Waals surface area contributed by atoms with Gasteiger partial charge in [-0.15, -0.1) is 0 Å². The highest BCUT2D eigenvalue weighted by Crippen LogP contribution is 2.32. The highest BCUT2D eigenvalue weighted by atomic mass is 16.5. The first-order valence-electron chi connectivity index (χ1n) is 6.72. The number of aromatic nitrogens is 1. The van der Waals surface area contributed by atoms with Crippen molar-refractivity contribution in [1.29, 1.82) is 0 Å². The number of hydrogen-bond acceptors (Lipinski definition) is 4. The fourth-order valence-electron chi connectivity index (χ4n) is 2.08. The third-order valence-electron chi connectivity index (χ3n) is 3.00. The monoisotopic (exact) mass is 272 g/mol. The maximum absolute atomic E-state index is 5.93. The van der Waals surface area contributed by atoms with Gasteiger partial charge in [-0.05, 0) is 44.5 Å². The van der Waals surface area contributed by atoms with Gasteiger partial charge in [-0.1, -0.05) is 12.1 Å². The Morgan fingerprint density at radius 2 is 1.85 bits per heavy atom. The molecule has 2 rings (SSSR count). The van der Waals surface area contributed by atoms with Crippen molar-refractivity contribution < 1.29 is 9.47 Å². The van der Waals surface area contributed by atoms with Gasteiger partial charge in [0.25, 0.3) is 0 Å². The largest absolute Gasteiger partial charge is 0.490 e. The Balaban J connectivity index is 2.39. The molecule has 1 aromatic heterocycles. The van der Waals surface area contributed by atoms with E-state index in [2.05, 4.69) is 4.98 Å². The summed E-state index contributed by atoms with van der Waals surface area (Å²) in [5.41, 5.74) is 8.71. The Labute approximate surface area is 119 Å². The average Bonchev–Trinajstić information content (AvgIpc) is 2.41. The van der Waals surface area contributed by atoms with E-state index in [0.29, 0.717) is 30.5 Å². The van der Waals surface area contributed by atoms with Crippen molar-refractivity contribution in [1.82, 2.24) is 4.98 Å². The van der Waals surface area contributed by atoms with Gasteiger partial charge in [0.1, 0.15) is 0 Å². The van der Waals surface area contributed by atoms with Gasteiger partial charge in [0.05, 0.1) is 6.61 Å². The summed E-state index contributed by atoms with van der Waals surface area (Å²) in [6.07, 6.45) is 0. The third kappa shape index (κ3) is 3.08. The Hall–Kier alpha value is -2.07. The molecule has 0 amide bonds. The summed E-state index contributed by atoms with van der Waals surface area (Å²) in [5.74, 6) is 1.91. The van der Waals surface area contributed by atoms with Gasteiger partial charge in [-0.3, -0.25) is 0 Å². The molecule has 2 N–H and O–H groups in total. The van der Waals surface area contributed by atoms with Crippen LogP contribution in [0.4, 0.5) is 0 Å². The molecule has 2 aromatic rings. The lowest BCUT2D eigenvalue weighted by atomic mass is 10.1. The van der Waals surface area contributed by atoms with Gasteiger partial charge >= 0.3 is 0 Å². The first-order chi connectivity index (χ1) is 9.65. The minimum absolute atomic E-state index is 0.394. The fourth-order valence-corrected chi connectivity index (χ4v) is 2.08. The van der Waals surface area contributed by atoms with Crippen LogP contribution in [0.3, 0.4) is 0 Å². The van der Waals surface area contributed by atoms with E-state index in [-0.39, 0.29) is 0 Å². The van der Waals surface area contributed by atoms with Crippen molar-refractivity contribution in [2.45, 2.75) is 27.3 Å². The second-order valence-electron chi connectivity index (χ2n) is 4.55. The molecule has 4 nitrogen and oxygen atoms in total. The first kappa shape index (κ1) is 14.3. The zero-order valence-electron chi connectivity index (χ0n) is 12.1. The topological polar surface area (TPSA) is 57.4 Å². The van der Waals surface area contributed by atoms with Gasteiger partial charge in [-0.25, -0.2) is 4.98 Å². The molecule has 0 saturated heterocycles. The predicted octanol–water partition coefficient (Wildman–Crippen LogP) is 3.35. The SMILES string of the molecule is CCOc1ccccc1Oc1nc(C)cc(C)c1CN. The number of nitrogens with zero attached hydrogens (tertiary/aromatic N) is 1. The number of hydrogen-bond donors (Lipinski definition) is 1. The highest BCUT2D eigenvalue weighted by molar-refractivity contribution is 5.44. The van der Waals surface area contributed by atoms with Crippen LogP contribution < -0.4 is 15.2 Å². The van der Waals surface area contributed by atoms with Crippen LogP contribution in [0.2, 0.25) is 0 Å². The van der Waals surface area contributed by atoms with Crippen molar-refractivity contribution in [3.05, 3.63) is 47.2 Å². The Morgan fingerprint density at radius 3 is 2.50 bits per heavy atom. The molecule has 0 aliphatic carbocycles. The van der Waals surface area contributed by atoms with Gasteiger partial charge in [0.2, 0.25) is 5.88 Å². The molecule has 0 unspecified atom stereocenters. The second kappa shape index (κ2) is 6.39.